The lowest BCUT2D eigenvalue weighted by molar-refractivity contribution is -0.385. The smallest absolute Gasteiger partial charge is 0.269 e. The second-order valence-electron chi connectivity index (χ2n) is 22.5. The van der Waals surface area contributed by atoms with Crippen LogP contribution in [0.1, 0.15) is 97.4 Å². The van der Waals surface area contributed by atoms with E-state index in [1.54, 1.807) is 85.8 Å². The van der Waals surface area contributed by atoms with E-state index in [-0.39, 0.29) is 45.6 Å². The highest BCUT2D eigenvalue weighted by atomic mass is 19.2. The number of ether oxygens (including phenoxy) is 1. The standard InChI is InChI=1S/C12H9F3.2C12H8N2O4.C11H12F2O.C8H8F2.C8H16.C8H10/c1-6-3-4-8-5-7(2)11(14)12(15)9(8)10(6)13;2*15-13(16)11-5-1-9(2-6-11)10-3-7-12(8-4-10)14(17)18;1-6-5-8-4-3-7(2)14-11(8)10(13)9(6)12;1-5-3-4-6(2)8(10)7(5)9;2*1-7-3-5-8(2)6-4-7/h3-5H,1-2H3;2*1-8H;5,7H,3-4H2,1-2H3;3-4H,1-2H3;7-8H,3-6H2,1-2H3;3-6H,1-2H3. The Bertz CT molecular complexity index is 3680. The lowest BCUT2D eigenvalue weighted by atomic mass is 9.84. The number of non-ortho nitro benzene ring substituents is 4. The van der Waals surface area contributed by atoms with Crippen LogP contribution in [0, 0.1) is 141 Å². The molecule has 91 heavy (non-hydrogen) atoms. The van der Waals surface area contributed by atoms with Crippen LogP contribution in [0.5, 0.6) is 5.75 Å². The summed E-state index contributed by atoms with van der Waals surface area (Å²) in [4.78, 5) is 40.1. The molecule has 0 saturated heterocycles. The van der Waals surface area contributed by atoms with Gasteiger partial charge < -0.3 is 4.74 Å². The lowest BCUT2D eigenvalue weighted by Crippen LogP contribution is -2.20. The summed E-state index contributed by atoms with van der Waals surface area (Å²) in [7, 11) is 0. The molecule has 1 heterocycles. The molecule has 0 spiro atoms. The second-order valence-corrected chi connectivity index (χ2v) is 22.5. The van der Waals surface area contributed by atoms with Gasteiger partial charge in [-0.2, -0.15) is 4.39 Å². The summed E-state index contributed by atoms with van der Waals surface area (Å²) in [6.07, 6.45) is 7.48. The van der Waals surface area contributed by atoms with E-state index in [4.69, 9.17) is 4.74 Å². The van der Waals surface area contributed by atoms with Crippen molar-refractivity contribution in [3.05, 3.63) is 283 Å². The molecule has 0 radical (unpaired) electrons. The average molecular weight is 1260 g/mol. The lowest BCUT2D eigenvalue weighted by Gasteiger charge is -2.24. The number of nitrogens with zero attached hydrogens (tertiary/aromatic N) is 4. The molecule has 1 fully saturated rings. The van der Waals surface area contributed by atoms with Gasteiger partial charge in [-0.15, -0.1) is 0 Å². The normalized spacial score (nSPS) is 14.3. The molecule has 1 unspecified atom stereocenters. The largest absolute Gasteiger partial charge is 0.487 e. The summed E-state index contributed by atoms with van der Waals surface area (Å²) in [6.45, 7) is 18.4. The molecule has 0 bridgehead atoms. The zero-order valence-corrected chi connectivity index (χ0v) is 52.1. The topological polar surface area (TPSA) is 182 Å². The first kappa shape index (κ1) is 71.9. The molecule has 13 nitrogen and oxygen atoms in total. The van der Waals surface area contributed by atoms with Crippen LogP contribution in [-0.2, 0) is 6.42 Å². The third-order valence-electron chi connectivity index (χ3n) is 15.0. The van der Waals surface area contributed by atoms with Crippen molar-refractivity contribution >= 4 is 33.5 Å². The zero-order chi connectivity index (χ0) is 67.4. The van der Waals surface area contributed by atoms with Gasteiger partial charge in [0.1, 0.15) is 5.82 Å². The van der Waals surface area contributed by atoms with Gasteiger partial charge >= 0.3 is 0 Å². The molecule has 9 aromatic carbocycles. The Hall–Kier alpha value is -9.85. The molecule has 0 N–H and O–H groups in total. The molecule has 1 aliphatic heterocycles. The maximum Gasteiger partial charge on any atom is 0.269 e. The summed E-state index contributed by atoms with van der Waals surface area (Å²) < 4.78 is 97.4. The number of hydrogen-bond donors (Lipinski definition) is 0. The average Bonchev–Trinajstić information content (AvgIpc) is 1.01. The van der Waals surface area contributed by atoms with E-state index < -0.39 is 60.4 Å². The quantitative estimate of drug-likeness (QED) is 0.0888. The minimum absolute atomic E-state index is 0.0145. The van der Waals surface area contributed by atoms with Crippen LogP contribution in [0.2, 0.25) is 0 Å². The third kappa shape index (κ3) is 20.9. The summed E-state index contributed by atoms with van der Waals surface area (Å²) in [6, 6.07) is 41.9. The highest BCUT2D eigenvalue weighted by Crippen LogP contribution is 2.34. The number of fused-ring (bicyclic) bond motifs is 2. The third-order valence-corrected chi connectivity index (χ3v) is 15.0. The first-order valence-corrected chi connectivity index (χ1v) is 29.1. The van der Waals surface area contributed by atoms with E-state index in [1.807, 2.05) is 6.92 Å². The zero-order valence-electron chi connectivity index (χ0n) is 52.1. The van der Waals surface area contributed by atoms with Gasteiger partial charge in [0.05, 0.1) is 31.2 Å². The Kier molecular flexibility index (Phi) is 26.6. The predicted octanol–water partition coefficient (Wildman–Crippen LogP) is 20.9. The summed E-state index contributed by atoms with van der Waals surface area (Å²) >= 11 is 0. The molecule has 1 saturated carbocycles. The van der Waals surface area contributed by atoms with Crippen LogP contribution in [0.3, 0.4) is 0 Å². The fourth-order valence-electron chi connectivity index (χ4n) is 9.26. The Morgan fingerprint density at radius 3 is 0.989 bits per heavy atom. The SMILES string of the molecule is CC1CCC(C)CC1.Cc1cc2c(c(F)c1F)OC(C)CC2.Cc1cc2ccc(C)c(F)c2c(F)c1F.Cc1ccc(C)c(F)c1F.Cc1ccc(C)cc1.O=[N+]([O-])c1ccc(-c2ccc([N+](=O)[O-])cc2)cc1.O=[N+]([O-])c1ccc(-c2ccc([N+](=O)[O-])cc2)cc1. The van der Waals surface area contributed by atoms with Crippen molar-refractivity contribution in [3.63, 3.8) is 0 Å². The molecule has 0 aromatic heterocycles. The number of rotatable bonds is 6. The second kappa shape index (κ2) is 33.7. The maximum absolute atomic E-state index is 13.6. The van der Waals surface area contributed by atoms with Crippen LogP contribution in [-0.4, -0.2) is 25.8 Å². The molecular formula is C71H71F7N4O9. The molecule has 2 aliphatic rings. The van der Waals surface area contributed by atoms with Crippen LogP contribution in [0.25, 0.3) is 33.0 Å². The summed E-state index contributed by atoms with van der Waals surface area (Å²) in [5.41, 5.74) is 8.13. The number of halogens is 7. The van der Waals surface area contributed by atoms with Gasteiger partial charge in [0, 0.05) is 48.5 Å². The van der Waals surface area contributed by atoms with Gasteiger partial charge in [-0.25, -0.2) is 26.3 Å². The molecule has 20 heteroatoms. The van der Waals surface area contributed by atoms with Gasteiger partial charge in [0.2, 0.25) is 5.82 Å². The van der Waals surface area contributed by atoms with Crippen molar-refractivity contribution in [1.29, 1.82) is 0 Å². The molecular weight excluding hydrogens is 1190 g/mol. The van der Waals surface area contributed by atoms with E-state index in [9.17, 15) is 71.2 Å². The van der Waals surface area contributed by atoms with Crippen molar-refractivity contribution in [3.8, 4) is 28.0 Å². The maximum atomic E-state index is 13.6. The Morgan fingerprint density at radius 2 is 0.648 bits per heavy atom. The molecule has 11 rings (SSSR count). The van der Waals surface area contributed by atoms with Gasteiger partial charge in [0.15, 0.2) is 34.8 Å². The van der Waals surface area contributed by atoms with Crippen molar-refractivity contribution in [2.75, 3.05) is 0 Å². The van der Waals surface area contributed by atoms with Gasteiger partial charge in [-0.05, 0) is 202 Å². The number of nitro benzene ring substituents is 4. The highest BCUT2D eigenvalue weighted by molar-refractivity contribution is 5.85. The first-order valence-electron chi connectivity index (χ1n) is 29.1. The van der Waals surface area contributed by atoms with E-state index in [0.717, 1.165) is 52.5 Å². The van der Waals surface area contributed by atoms with Crippen molar-refractivity contribution in [1.82, 2.24) is 0 Å². The number of aryl methyl sites for hydroxylation is 8. The van der Waals surface area contributed by atoms with E-state index in [2.05, 4.69) is 52.0 Å². The van der Waals surface area contributed by atoms with E-state index >= 15 is 0 Å². The van der Waals surface area contributed by atoms with Gasteiger partial charge in [-0.3, -0.25) is 40.5 Å². The highest BCUT2D eigenvalue weighted by Gasteiger charge is 2.24. The van der Waals surface area contributed by atoms with Gasteiger partial charge in [0.25, 0.3) is 22.7 Å². The molecule has 478 valence electrons. The Morgan fingerprint density at radius 1 is 0.352 bits per heavy atom. The molecule has 9 aromatic rings. The minimum atomic E-state index is -1.11. The van der Waals surface area contributed by atoms with E-state index in [0.29, 0.717) is 27.6 Å². The van der Waals surface area contributed by atoms with Gasteiger partial charge in [-0.1, -0.05) is 99.2 Å². The number of benzene rings is 9. The molecule has 1 aliphatic carbocycles. The molecule has 1 atom stereocenters. The number of nitro groups is 4. The Labute approximate surface area is 523 Å². The fraction of sp³-hybridized carbons (Fsp3) is 0.268. The monoisotopic (exact) mass is 1260 g/mol. The minimum Gasteiger partial charge on any atom is -0.487 e. The predicted molar refractivity (Wildman–Crippen MR) is 342 cm³/mol. The fourth-order valence-corrected chi connectivity index (χ4v) is 9.26. The molecule has 0 amide bonds. The van der Waals surface area contributed by atoms with Crippen LogP contribution >= 0.6 is 0 Å². The summed E-state index contributed by atoms with van der Waals surface area (Å²) in [5.74, 6) is -3.74. The van der Waals surface area contributed by atoms with Crippen molar-refractivity contribution in [2.24, 2.45) is 11.8 Å². The van der Waals surface area contributed by atoms with E-state index in [1.165, 1.54) is 119 Å². The van der Waals surface area contributed by atoms with Crippen molar-refractivity contribution < 1.29 is 55.2 Å². The van der Waals surface area contributed by atoms with Crippen molar-refractivity contribution in [2.45, 2.75) is 114 Å². The number of hydrogen-bond acceptors (Lipinski definition) is 9. The van der Waals surface area contributed by atoms with Crippen LogP contribution < -0.4 is 4.74 Å². The van der Waals surface area contributed by atoms with Crippen LogP contribution in [0.15, 0.2) is 158 Å². The Balaban J connectivity index is 0.000000197. The summed E-state index contributed by atoms with van der Waals surface area (Å²) in [5, 5.41) is 42.1. The first-order chi connectivity index (χ1) is 43.0. The van der Waals surface area contributed by atoms with Crippen LogP contribution in [0.4, 0.5) is 53.5 Å².